The molecule has 4 aromatic rings. The van der Waals surface area contributed by atoms with E-state index in [4.69, 9.17) is 14.5 Å². The monoisotopic (exact) mass is 645 g/mol. The molecule has 0 aliphatic heterocycles. The van der Waals surface area contributed by atoms with E-state index in [0.717, 1.165) is 19.2 Å². The molecule has 0 bridgehead atoms. The summed E-state index contributed by atoms with van der Waals surface area (Å²) in [6, 6.07) is 19.2. The predicted octanol–water partition coefficient (Wildman–Crippen LogP) is 6.53. The minimum absolute atomic E-state index is 0.220. The highest BCUT2D eigenvalue weighted by Gasteiger charge is 2.23. The van der Waals surface area contributed by atoms with E-state index >= 15 is 0 Å². The van der Waals surface area contributed by atoms with Crippen LogP contribution in [-0.2, 0) is 12.0 Å². The van der Waals surface area contributed by atoms with Crippen LogP contribution in [0.25, 0.3) is 10.9 Å². The average molecular weight is 646 g/mol. The van der Waals surface area contributed by atoms with Gasteiger partial charge in [0, 0.05) is 9.89 Å². The molecule has 0 fully saturated rings. The molecule has 0 radical (unpaired) electrons. The van der Waals surface area contributed by atoms with Crippen LogP contribution in [-0.4, -0.2) is 23.0 Å². The fourth-order valence-electron chi connectivity index (χ4n) is 3.55. The Balaban J connectivity index is 1.73. The van der Waals surface area contributed by atoms with Crippen LogP contribution in [0.4, 0.5) is 0 Å². The van der Waals surface area contributed by atoms with Crippen LogP contribution in [0.3, 0.4) is 0 Å². The van der Waals surface area contributed by atoms with Crippen molar-refractivity contribution in [2.75, 3.05) is 7.11 Å². The molecule has 0 unspecified atom stereocenters. The molecule has 0 saturated heterocycles. The molecule has 35 heavy (non-hydrogen) atoms. The quantitative estimate of drug-likeness (QED) is 0.177. The van der Waals surface area contributed by atoms with Gasteiger partial charge in [0.15, 0.2) is 11.5 Å². The van der Waals surface area contributed by atoms with Gasteiger partial charge in [0.2, 0.25) is 0 Å². The van der Waals surface area contributed by atoms with Crippen LogP contribution in [0.2, 0.25) is 0 Å². The molecule has 3 aromatic carbocycles. The van der Waals surface area contributed by atoms with Crippen molar-refractivity contribution in [1.82, 2.24) is 9.66 Å². The van der Waals surface area contributed by atoms with E-state index < -0.39 is 0 Å². The van der Waals surface area contributed by atoms with Gasteiger partial charge in [-0.2, -0.15) is 9.78 Å². The fourth-order valence-corrected chi connectivity index (χ4v) is 4.69. The number of rotatable bonds is 6. The highest BCUT2D eigenvalue weighted by Crippen LogP contribution is 2.34. The first-order valence-electron chi connectivity index (χ1n) is 11.0. The number of benzene rings is 3. The van der Waals surface area contributed by atoms with Crippen LogP contribution in [0.1, 0.15) is 37.7 Å². The Morgan fingerprint density at radius 1 is 1.11 bits per heavy atom. The van der Waals surface area contributed by atoms with E-state index in [2.05, 4.69) is 43.6 Å². The minimum atomic E-state index is -0.390. The fraction of sp³-hybridized carbons (Fsp3) is 0.222. The molecular formula is C27H25BrIN3O3. The van der Waals surface area contributed by atoms with E-state index in [1.807, 2.05) is 75.4 Å². The lowest BCUT2D eigenvalue weighted by Gasteiger charge is -2.21. The van der Waals surface area contributed by atoms with Crippen molar-refractivity contribution in [2.24, 2.45) is 5.10 Å². The molecule has 8 heteroatoms. The first-order chi connectivity index (χ1) is 16.7. The summed E-state index contributed by atoms with van der Waals surface area (Å²) in [6.45, 7) is 6.46. The molecule has 0 amide bonds. The van der Waals surface area contributed by atoms with Crippen LogP contribution in [0, 0.1) is 3.57 Å². The van der Waals surface area contributed by atoms with E-state index in [-0.39, 0.29) is 11.0 Å². The van der Waals surface area contributed by atoms with Gasteiger partial charge in [-0.05, 0) is 64.0 Å². The second kappa shape index (κ2) is 10.5. The second-order valence-corrected chi connectivity index (χ2v) is 11.1. The number of ether oxygens (including phenoxy) is 2. The zero-order valence-corrected chi connectivity index (χ0v) is 23.6. The van der Waals surface area contributed by atoms with Gasteiger partial charge in [0.25, 0.3) is 5.56 Å². The van der Waals surface area contributed by atoms with Crippen LogP contribution < -0.4 is 15.0 Å². The zero-order valence-electron chi connectivity index (χ0n) is 19.9. The summed E-state index contributed by atoms with van der Waals surface area (Å²) in [5, 5.41) is 5.06. The van der Waals surface area contributed by atoms with Gasteiger partial charge in [-0.15, -0.1) is 0 Å². The van der Waals surface area contributed by atoms with Crippen LogP contribution in [0.5, 0.6) is 11.5 Å². The van der Waals surface area contributed by atoms with Crippen LogP contribution >= 0.6 is 38.5 Å². The molecule has 0 spiro atoms. The van der Waals surface area contributed by atoms with Gasteiger partial charge in [-0.25, -0.2) is 4.98 Å². The number of hydrogen-bond acceptors (Lipinski definition) is 5. The third-order valence-corrected chi connectivity index (χ3v) is 6.57. The maximum Gasteiger partial charge on any atom is 0.282 e. The topological polar surface area (TPSA) is 65.7 Å². The third kappa shape index (κ3) is 5.75. The van der Waals surface area contributed by atoms with Crippen molar-refractivity contribution in [2.45, 2.75) is 32.8 Å². The first-order valence-corrected chi connectivity index (χ1v) is 12.9. The number of halogens is 2. The number of fused-ring (bicyclic) bond motifs is 1. The maximum absolute atomic E-state index is 13.4. The summed E-state index contributed by atoms with van der Waals surface area (Å²) in [5.74, 6) is 1.84. The lowest BCUT2D eigenvalue weighted by Crippen LogP contribution is -2.29. The van der Waals surface area contributed by atoms with Crippen molar-refractivity contribution in [3.05, 3.63) is 96.0 Å². The lowest BCUT2D eigenvalue weighted by atomic mass is 9.95. The molecule has 1 aromatic heterocycles. The summed E-state index contributed by atoms with van der Waals surface area (Å²) in [6.07, 6.45) is 1.65. The number of hydrogen-bond donors (Lipinski definition) is 0. The zero-order chi connectivity index (χ0) is 25.2. The van der Waals surface area contributed by atoms with E-state index in [0.29, 0.717) is 34.8 Å². The van der Waals surface area contributed by atoms with Gasteiger partial charge >= 0.3 is 0 Å². The van der Waals surface area contributed by atoms with E-state index in [9.17, 15) is 4.79 Å². The first kappa shape index (κ1) is 25.4. The van der Waals surface area contributed by atoms with Gasteiger partial charge in [0.1, 0.15) is 12.4 Å². The SMILES string of the molecule is COc1cc(C=Nn2c(C(C)(C)C)nc3ccc(Br)cc3c2=O)cc(I)c1OCc1ccccc1. The van der Waals surface area contributed by atoms with Crippen molar-refractivity contribution < 1.29 is 9.47 Å². The Morgan fingerprint density at radius 2 is 1.86 bits per heavy atom. The standard InChI is InChI=1S/C27H25BrIN3O3/c1-27(2,3)26-31-22-11-10-19(28)14-20(22)25(33)32(26)30-15-18-12-21(29)24(23(13-18)34-4)35-16-17-8-6-5-7-9-17/h5-15H,16H2,1-4H3. The molecule has 180 valence electrons. The Bertz CT molecular complexity index is 1460. The molecular weight excluding hydrogens is 621 g/mol. The van der Waals surface area contributed by atoms with E-state index in [1.165, 1.54) is 4.68 Å². The molecule has 4 rings (SSSR count). The van der Waals surface area contributed by atoms with Gasteiger partial charge in [-0.3, -0.25) is 4.79 Å². The average Bonchev–Trinajstić information content (AvgIpc) is 2.82. The van der Waals surface area contributed by atoms with Crippen molar-refractivity contribution in [3.63, 3.8) is 0 Å². The minimum Gasteiger partial charge on any atom is -0.493 e. The Labute approximate surface area is 226 Å². The summed E-state index contributed by atoms with van der Waals surface area (Å²) >= 11 is 5.66. The number of nitrogens with zero attached hydrogens (tertiary/aromatic N) is 3. The largest absolute Gasteiger partial charge is 0.493 e. The molecule has 0 aliphatic carbocycles. The van der Waals surface area contributed by atoms with Crippen LogP contribution in [0.15, 0.2) is 75.0 Å². The number of aromatic nitrogens is 2. The number of methoxy groups -OCH3 is 1. The molecule has 1 heterocycles. The molecule has 0 aliphatic rings. The summed E-state index contributed by atoms with van der Waals surface area (Å²) in [4.78, 5) is 18.1. The Morgan fingerprint density at radius 3 is 2.54 bits per heavy atom. The molecule has 0 atom stereocenters. The van der Waals surface area contributed by atoms with E-state index in [1.54, 1.807) is 19.4 Å². The van der Waals surface area contributed by atoms with Gasteiger partial charge in [-0.1, -0.05) is 67.0 Å². The summed E-state index contributed by atoms with van der Waals surface area (Å²) in [7, 11) is 1.61. The van der Waals surface area contributed by atoms with Crippen molar-refractivity contribution >= 4 is 55.6 Å². The summed E-state index contributed by atoms with van der Waals surface area (Å²) < 4.78 is 14.7. The van der Waals surface area contributed by atoms with Gasteiger partial charge in [0.05, 0.1) is 27.8 Å². The Hall–Kier alpha value is -2.72. The molecule has 0 N–H and O–H groups in total. The van der Waals surface area contributed by atoms with Crippen molar-refractivity contribution in [1.29, 1.82) is 0 Å². The van der Waals surface area contributed by atoms with Crippen molar-refractivity contribution in [3.8, 4) is 11.5 Å². The molecule has 6 nitrogen and oxygen atoms in total. The smallest absolute Gasteiger partial charge is 0.282 e. The lowest BCUT2D eigenvalue weighted by molar-refractivity contribution is 0.282. The Kier molecular flexibility index (Phi) is 7.61. The summed E-state index contributed by atoms with van der Waals surface area (Å²) in [5.41, 5.74) is 1.88. The normalized spacial score (nSPS) is 11.8. The third-order valence-electron chi connectivity index (χ3n) is 5.28. The maximum atomic E-state index is 13.4. The second-order valence-electron chi connectivity index (χ2n) is 9.02. The van der Waals surface area contributed by atoms with Gasteiger partial charge < -0.3 is 9.47 Å². The molecule has 0 saturated carbocycles. The highest BCUT2D eigenvalue weighted by atomic mass is 127. The predicted molar refractivity (Wildman–Crippen MR) is 152 cm³/mol. The highest BCUT2D eigenvalue weighted by molar-refractivity contribution is 14.1.